The van der Waals surface area contributed by atoms with Gasteiger partial charge in [0.1, 0.15) is 5.75 Å². The minimum Gasteiger partial charge on any atom is -0.508 e. The van der Waals surface area contributed by atoms with E-state index in [9.17, 15) is 10.2 Å². The highest BCUT2D eigenvalue weighted by molar-refractivity contribution is 5.33. The van der Waals surface area contributed by atoms with Crippen LogP contribution in [0.4, 0.5) is 0 Å². The fourth-order valence-electron chi connectivity index (χ4n) is 4.88. The Labute approximate surface area is 153 Å². The summed E-state index contributed by atoms with van der Waals surface area (Å²) in [5.74, 6) is 1.44. The van der Waals surface area contributed by atoms with Crippen molar-refractivity contribution < 1.29 is 10.2 Å². The molecule has 25 heavy (non-hydrogen) atoms. The van der Waals surface area contributed by atoms with Crippen molar-refractivity contribution in [2.24, 2.45) is 11.8 Å². The van der Waals surface area contributed by atoms with Crippen LogP contribution in [-0.2, 0) is 5.41 Å². The summed E-state index contributed by atoms with van der Waals surface area (Å²) in [5.41, 5.74) is 1.37. The van der Waals surface area contributed by atoms with Crippen molar-refractivity contribution in [3.05, 3.63) is 29.8 Å². The number of hydrogen-bond donors (Lipinski definition) is 2. The number of benzene rings is 1. The molecule has 0 amide bonds. The summed E-state index contributed by atoms with van der Waals surface area (Å²) in [6, 6.07) is 7.78. The summed E-state index contributed by atoms with van der Waals surface area (Å²) in [6.45, 7) is 7.82. The van der Waals surface area contributed by atoms with E-state index in [-0.39, 0.29) is 11.5 Å². The van der Waals surface area contributed by atoms with Gasteiger partial charge in [-0.25, -0.2) is 0 Å². The highest BCUT2D eigenvalue weighted by Crippen LogP contribution is 2.40. The second-order valence-corrected chi connectivity index (χ2v) is 8.67. The quantitative estimate of drug-likeness (QED) is 0.835. The van der Waals surface area contributed by atoms with Gasteiger partial charge in [0.2, 0.25) is 0 Å². The third-order valence-corrected chi connectivity index (χ3v) is 7.01. The molecule has 0 aromatic heterocycles. The van der Waals surface area contributed by atoms with Crippen LogP contribution in [0.3, 0.4) is 0 Å². The van der Waals surface area contributed by atoms with Crippen molar-refractivity contribution in [2.45, 2.75) is 70.3 Å². The Hall–Kier alpha value is -1.06. The van der Waals surface area contributed by atoms with Crippen LogP contribution in [0.1, 0.15) is 64.4 Å². The lowest BCUT2D eigenvalue weighted by Gasteiger charge is -2.45. The van der Waals surface area contributed by atoms with Gasteiger partial charge in [0, 0.05) is 13.1 Å². The van der Waals surface area contributed by atoms with Crippen molar-refractivity contribution in [3.8, 4) is 5.75 Å². The van der Waals surface area contributed by atoms with Gasteiger partial charge in [0.05, 0.1) is 6.10 Å². The number of aliphatic hydroxyl groups excluding tert-OH is 1. The standard InChI is InChI=1S/C22H35NO2/c1-17-16-23(13-11-21(25)18-7-4-3-5-8-18)14-12-22(17,2)19-9-6-10-20(24)15-19/h6,9-10,15,17-18,21,24-25H,3-5,7-8,11-14,16H2,1-2H3/t17-,21?,22+/m1/s1. The minimum absolute atomic E-state index is 0.116. The Morgan fingerprint density at radius 1 is 1.24 bits per heavy atom. The maximum atomic E-state index is 10.5. The summed E-state index contributed by atoms with van der Waals surface area (Å²) < 4.78 is 0. The molecule has 2 N–H and O–H groups in total. The highest BCUT2D eigenvalue weighted by atomic mass is 16.3. The molecular formula is C22H35NO2. The van der Waals surface area contributed by atoms with E-state index in [2.05, 4.69) is 24.8 Å². The summed E-state index contributed by atoms with van der Waals surface area (Å²) in [7, 11) is 0. The van der Waals surface area contributed by atoms with E-state index >= 15 is 0 Å². The lowest BCUT2D eigenvalue weighted by molar-refractivity contribution is 0.0502. The van der Waals surface area contributed by atoms with Crippen LogP contribution in [0.2, 0.25) is 0 Å². The number of aromatic hydroxyl groups is 1. The molecule has 1 aromatic carbocycles. The topological polar surface area (TPSA) is 43.7 Å². The zero-order chi connectivity index (χ0) is 17.9. The van der Waals surface area contributed by atoms with Crippen LogP contribution in [-0.4, -0.2) is 40.9 Å². The molecule has 1 heterocycles. The van der Waals surface area contributed by atoms with Crippen LogP contribution in [0.15, 0.2) is 24.3 Å². The predicted molar refractivity (Wildman–Crippen MR) is 103 cm³/mol. The van der Waals surface area contributed by atoms with E-state index in [4.69, 9.17) is 0 Å². The lowest BCUT2D eigenvalue weighted by atomic mass is 9.68. The number of aliphatic hydroxyl groups is 1. The number of nitrogens with zero attached hydrogens (tertiary/aromatic N) is 1. The fraction of sp³-hybridized carbons (Fsp3) is 0.727. The molecule has 3 rings (SSSR count). The Bertz CT molecular complexity index is 555. The van der Waals surface area contributed by atoms with Crippen molar-refractivity contribution in [1.29, 1.82) is 0 Å². The lowest BCUT2D eigenvalue weighted by Crippen LogP contribution is -2.48. The molecule has 1 saturated carbocycles. The molecule has 0 bridgehead atoms. The number of phenols is 1. The molecule has 2 fully saturated rings. The molecule has 140 valence electrons. The summed E-state index contributed by atoms with van der Waals surface area (Å²) >= 11 is 0. The van der Waals surface area contributed by atoms with Gasteiger partial charge in [-0.1, -0.05) is 45.2 Å². The van der Waals surface area contributed by atoms with Crippen molar-refractivity contribution in [2.75, 3.05) is 19.6 Å². The molecule has 3 nitrogen and oxygen atoms in total. The van der Waals surface area contributed by atoms with Crippen molar-refractivity contribution in [1.82, 2.24) is 4.90 Å². The van der Waals surface area contributed by atoms with E-state index < -0.39 is 0 Å². The molecule has 2 aliphatic rings. The van der Waals surface area contributed by atoms with E-state index in [0.29, 0.717) is 17.6 Å². The summed E-state index contributed by atoms with van der Waals surface area (Å²) in [5, 5.41) is 20.4. The van der Waals surface area contributed by atoms with Gasteiger partial charge in [-0.2, -0.15) is 0 Å². The number of hydrogen-bond acceptors (Lipinski definition) is 3. The highest BCUT2D eigenvalue weighted by Gasteiger charge is 2.38. The molecule has 1 saturated heterocycles. The maximum absolute atomic E-state index is 10.5. The van der Waals surface area contributed by atoms with Gasteiger partial charge in [-0.05, 0) is 67.2 Å². The first-order chi connectivity index (χ1) is 12.0. The van der Waals surface area contributed by atoms with Crippen LogP contribution < -0.4 is 0 Å². The molecule has 1 aromatic rings. The van der Waals surface area contributed by atoms with Gasteiger partial charge in [0.25, 0.3) is 0 Å². The van der Waals surface area contributed by atoms with E-state index in [1.165, 1.54) is 37.7 Å². The molecule has 1 aliphatic heterocycles. The fourth-order valence-corrected chi connectivity index (χ4v) is 4.88. The van der Waals surface area contributed by atoms with Gasteiger partial charge in [0.15, 0.2) is 0 Å². The normalized spacial score (nSPS) is 30.3. The van der Waals surface area contributed by atoms with E-state index in [1.54, 1.807) is 6.07 Å². The first-order valence-corrected chi connectivity index (χ1v) is 10.2. The van der Waals surface area contributed by atoms with Crippen LogP contribution in [0.5, 0.6) is 5.75 Å². The van der Waals surface area contributed by atoms with Crippen LogP contribution in [0, 0.1) is 11.8 Å². The van der Waals surface area contributed by atoms with E-state index in [1.807, 2.05) is 12.1 Å². The third kappa shape index (κ3) is 4.38. The monoisotopic (exact) mass is 345 g/mol. The molecular weight excluding hydrogens is 310 g/mol. The SMILES string of the molecule is C[C@@H]1CN(CCC(O)C2CCCCC2)CC[C@]1(C)c1cccc(O)c1. The van der Waals surface area contributed by atoms with E-state index in [0.717, 1.165) is 32.5 Å². The Kier molecular flexibility index (Phi) is 6.06. The Morgan fingerprint density at radius 2 is 2.00 bits per heavy atom. The molecule has 0 spiro atoms. The first-order valence-electron chi connectivity index (χ1n) is 10.2. The maximum Gasteiger partial charge on any atom is 0.115 e. The molecule has 1 aliphatic carbocycles. The number of piperidine rings is 1. The second kappa shape index (κ2) is 8.09. The molecule has 1 unspecified atom stereocenters. The number of phenolic OH excluding ortho intramolecular Hbond substituents is 1. The van der Waals surface area contributed by atoms with Crippen molar-refractivity contribution >= 4 is 0 Å². The van der Waals surface area contributed by atoms with Gasteiger partial charge >= 0.3 is 0 Å². The predicted octanol–water partition coefficient (Wildman–Crippen LogP) is 4.32. The van der Waals surface area contributed by atoms with Gasteiger partial charge in [-0.15, -0.1) is 0 Å². The first kappa shape index (κ1) is 18.7. The Balaban J connectivity index is 1.53. The second-order valence-electron chi connectivity index (χ2n) is 8.67. The average Bonchev–Trinajstić information content (AvgIpc) is 2.63. The number of rotatable bonds is 5. The van der Waals surface area contributed by atoms with Crippen molar-refractivity contribution in [3.63, 3.8) is 0 Å². The molecule has 3 atom stereocenters. The molecule has 3 heteroatoms. The third-order valence-electron chi connectivity index (χ3n) is 7.01. The van der Waals surface area contributed by atoms with Gasteiger partial charge in [-0.3, -0.25) is 0 Å². The zero-order valence-electron chi connectivity index (χ0n) is 16.0. The Morgan fingerprint density at radius 3 is 2.68 bits per heavy atom. The number of likely N-dealkylation sites (tertiary alicyclic amines) is 1. The largest absolute Gasteiger partial charge is 0.508 e. The summed E-state index contributed by atoms with van der Waals surface area (Å²) in [4.78, 5) is 2.53. The van der Waals surface area contributed by atoms with Crippen LogP contribution in [0.25, 0.3) is 0 Å². The minimum atomic E-state index is -0.116. The summed E-state index contributed by atoms with van der Waals surface area (Å²) in [6.07, 6.45) is 8.28. The molecule has 0 radical (unpaired) electrons. The van der Waals surface area contributed by atoms with Gasteiger partial charge < -0.3 is 15.1 Å². The van der Waals surface area contributed by atoms with Crippen LogP contribution >= 0.6 is 0 Å². The zero-order valence-corrected chi connectivity index (χ0v) is 16.0. The smallest absolute Gasteiger partial charge is 0.115 e. The average molecular weight is 346 g/mol.